The molecule has 6 N–H and O–H groups in total. The third-order valence-corrected chi connectivity index (χ3v) is 16.3. The first-order chi connectivity index (χ1) is 45.2. The van der Waals surface area contributed by atoms with Gasteiger partial charge in [0.2, 0.25) is 23.7 Å². The lowest BCUT2D eigenvalue weighted by Crippen LogP contribution is -2.63. The molecule has 3 saturated heterocycles. The van der Waals surface area contributed by atoms with Crippen LogP contribution in [-0.2, 0) is 65.9 Å². The Morgan fingerprint density at radius 3 is 1.78 bits per heavy atom. The van der Waals surface area contributed by atoms with Gasteiger partial charge in [0.25, 0.3) is 11.8 Å². The highest BCUT2D eigenvalue weighted by atomic mass is 16.8. The highest BCUT2D eigenvalue weighted by Gasteiger charge is 2.51. The Morgan fingerprint density at radius 1 is 0.677 bits per heavy atom. The molecule has 0 aliphatic carbocycles. The summed E-state index contributed by atoms with van der Waals surface area (Å²) in [6.07, 6.45) is 0.535. The van der Waals surface area contributed by atoms with Gasteiger partial charge in [-0.05, 0) is 88.2 Å². The van der Waals surface area contributed by atoms with E-state index in [0.717, 1.165) is 30.8 Å². The molecule has 4 aromatic carbocycles. The number of rotatable bonds is 29. The summed E-state index contributed by atoms with van der Waals surface area (Å²) in [5.74, 6) is -0.772. The first-order valence-corrected chi connectivity index (χ1v) is 31.2. The van der Waals surface area contributed by atoms with E-state index in [1.165, 1.54) is 0 Å². The third kappa shape index (κ3) is 15.2. The van der Waals surface area contributed by atoms with Crippen LogP contribution in [0.4, 0.5) is 11.9 Å². The maximum Gasteiger partial charge on any atom is 0.276 e. The van der Waals surface area contributed by atoms with Crippen molar-refractivity contribution in [2.24, 2.45) is 11.5 Å². The van der Waals surface area contributed by atoms with Gasteiger partial charge < -0.3 is 68.0 Å². The zero-order valence-corrected chi connectivity index (χ0v) is 53.0. The Hall–Kier alpha value is -9.06. The van der Waals surface area contributed by atoms with Crippen LogP contribution < -0.4 is 36.3 Å². The van der Waals surface area contributed by atoms with E-state index < -0.39 is 60.6 Å². The summed E-state index contributed by atoms with van der Waals surface area (Å²) < 4.78 is 69.4. The number of imidazole rings is 2. The molecule has 93 heavy (non-hydrogen) atoms. The van der Waals surface area contributed by atoms with Gasteiger partial charge in [0, 0.05) is 76.0 Å². The van der Waals surface area contributed by atoms with Crippen molar-refractivity contribution in [3.05, 3.63) is 148 Å². The van der Waals surface area contributed by atoms with E-state index in [1.54, 1.807) is 83.0 Å². The number of aromatic nitrogens is 8. The Bertz CT molecular complexity index is 3950. The van der Waals surface area contributed by atoms with Crippen molar-refractivity contribution in [1.82, 2.24) is 43.6 Å². The molecule has 27 nitrogen and oxygen atoms in total. The van der Waals surface area contributed by atoms with Crippen LogP contribution in [0.2, 0.25) is 0 Å². The molecule has 11 rings (SSSR count). The second-order valence-corrected chi connectivity index (χ2v) is 22.6. The topological polar surface area (TPSA) is 311 Å². The van der Waals surface area contributed by atoms with Gasteiger partial charge in [-0.1, -0.05) is 54.6 Å². The summed E-state index contributed by atoms with van der Waals surface area (Å²) >= 11 is 0. The number of carbonyl (C=O) groups excluding carboxylic acids is 4. The quantitative estimate of drug-likeness (QED) is 0.0279. The lowest BCUT2D eigenvalue weighted by Gasteiger charge is -2.48. The Balaban J connectivity index is 0.885. The van der Waals surface area contributed by atoms with E-state index in [2.05, 4.69) is 25.7 Å². The van der Waals surface area contributed by atoms with Crippen molar-refractivity contribution in [3.8, 4) is 17.2 Å². The molecule has 27 heteroatoms. The molecule has 0 spiro atoms. The number of fused-ring (bicyclic) bond motifs is 3. The fraction of sp³-hybridized carbons (Fsp3) is 0.424. The number of ether oxygens (including phenoxy) is 10. The predicted molar refractivity (Wildman–Crippen MR) is 341 cm³/mol. The van der Waals surface area contributed by atoms with Gasteiger partial charge in [-0.15, -0.1) is 0 Å². The molecule has 8 aromatic rings. The number of anilines is 2. The summed E-state index contributed by atoms with van der Waals surface area (Å²) in [5.41, 5.74) is 17.4. The van der Waals surface area contributed by atoms with E-state index in [1.807, 2.05) is 80.6 Å². The van der Waals surface area contributed by atoms with E-state index in [-0.39, 0.29) is 68.3 Å². The Kier molecular flexibility index (Phi) is 21.2. The van der Waals surface area contributed by atoms with Crippen LogP contribution in [0.5, 0.6) is 17.2 Å². The van der Waals surface area contributed by atoms with Crippen LogP contribution in [0.3, 0.4) is 0 Å². The lowest BCUT2D eigenvalue weighted by molar-refractivity contribution is -0.368. The van der Waals surface area contributed by atoms with Crippen LogP contribution in [0, 0.1) is 13.8 Å². The number of amides is 4. The lowest BCUT2D eigenvalue weighted by atomic mass is 9.97. The normalized spacial score (nSPS) is 19.2. The summed E-state index contributed by atoms with van der Waals surface area (Å²) in [5, 5.41) is 15.0. The number of methoxy groups -OCH3 is 2. The number of nitrogens with zero attached hydrogens (tertiary/aromatic N) is 9. The van der Waals surface area contributed by atoms with E-state index in [0.29, 0.717) is 102 Å². The highest BCUT2D eigenvalue weighted by Crippen LogP contribution is 2.38. The maximum atomic E-state index is 14.3. The molecule has 4 aromatic heterocycles. The van der Waals surface area contributed by atoms with Crippen LogP contribution in [0.25, 0.3) is 22.1 Å². The van der Waals surface area contributed by atoms with Crippen LogP contribution in [-0.4, -0.2) is 171 Å². The average Bonchev–Trinajstić information content (AvgIpc) is 1.77. The van der Waals surface area contributed by atoms with Gasteiger partial charge in [-0.3, -0.25) is 44.1 Å². The minimum absolute atomic E-state index is 0.0694. The van der Waals surface area contributed by atoms with Crippen LogP contribution in [0.15, 0.2) is 103 Å². The fourth-order valence-electron chi connectivity index (χ4n) is 11.7. The number of morpholine rings is 1. The van der Waals surface area contributed by atoms with Gasteiger partial charge in [-0.2, -0.15) is 10.2 Å². The minimum atomic E-state index is -0.865. The number of nitrogens with one attached hydrogen (secondary N) is 2. The number of nitrogens with two attached hydrogens (primary N) is 2. The number of hydrogen-bond donors (Lipinski definition) is 4. The molecule has 6 atom stereocenters. The maximum absolute atomic E-state index is 14.3. The number of aryl methyl sites for hydroxylation is 4. The molecule has 0 saturated carbocycles. The van der Waals surface area contributed by atoms with Crippen molar-refractivity contribution in [2.75, 3.05) is 84.1 Å². The van der Waals surface area contributed by atoms with E-state index in [9.17, 15) is 19.2 Å². The zero-order chi connectivity index (χ0) is 65.1. The zero-order valence-electron chi connectivity index (χ0n) is 53.0. The number of hydrogen-bond acceptors (Lipinski definition) is 19. The molecule has 7 heterocycles. The highest BCUT2D eigenvalue weighted by molar-refractivity contribution is 6.05. The van der Waals surface area contributed by atoms with Crippen molar-refractivity contribution in [3.63, 3.8) is 0 Å². The minimum Gasteiger partial charge on any atom is -0.497 e. The molecule has 2 unspecified atom stereocenters. The summed E-state index contributed by atoms with van der Waals surface area (Å²) in [4.78, 5) is 66.4. The van der Waals surface area contributed by atoms with Gasteiger partial charge >= 0.3 is 0 Å². The molecule has 3 aliphatic rings. The molecule has 4 amide bonds. The standard InChI is InChI=1S/C66H79N13O14/c1-7-78-49(32-40(3)73-78)61(82)71-65-69-47-34-44(59(67)80)36-51(87-27-14-22-75-25-30-86-31-26-75)54(47)76(65)23-12-13-24-77-55-48(70-66(77)72-62(83)50-33-41(4)74-79(50)8-2)35-45(60(68)81)37-52(55)88-28-15-29-89-58-57(90-38-42-18-20-46(84-5)21-19-42)56-53(92-64(58)85-6)39-91-63(93-56)43-16-10-9-11-17-43/h9-13,16-21,32-37,53,56-58,63-64H,7-8,14-15,22-31,38-39H2,1-6H3,(H2,67,80)(H2,68,81)(H,69,71,82)(H,70,72,83)/b13-12+/t53-,56-,57+,58?,63?,64+/m1/s1. The summed E-state index contributed by atoms with van der Waals surface area (Å²) in [6.45, 7) is 13.1. The van der Waals surface area contributed by atoms with Crippen molar-refractivity contribution in [2.45, 2.75) is 110 Å². The predicted octanol–water partition coefficient (Wildman–Crippen LogP) is 6.73. The number of allylic oxidation sites excluding steroid dienone is 2. The Morgan fingerprint density at radius 2 is 1.25 bits per heavy atom. The number of carbonyl (C=O) groups is 4. The molecule has 3 aliphatic heterocycles. The van der Waals surface area contributed by atoms with Crippen LogP contribution >= 0.6 is 0 Å². The van der Waals surface area contributed by atoms with Crippen molar-refractivity contribution < 1.29 is 66.5 Å². The smallest absolute Gasteiger partial charge is 0.276 e. The first kappa shape index (κ1) is 65.4. The molecular weight excluding hydrogens is 1200 g/mol. The van der Waals surface area contributed by atoms with Gasteiger partial charge in [-0.25, -0.2) is 9.97 Å². The molecule has 3 fully saturated rings. The largest absolute Gasteiger partial charge is 0.497 e. The van der Waals surface area contributed by atoms with E-state index in [4.69, 9.17) is 68.8 Å². The van der Waals surface area contributed by atoms with Crippen molar-refractivity contribution in [1.29, 1.82) is 0 Å². The van der Waals surface area contributed by atoms with Crippen molar-refractivity contribution >= 4 is 57.6 Å². The number of primary amides is 2. The summed E-state index contributed by atoms with van der Waals surface area (Å²) in [7, 11) is 3.16. The molecular formula is C66H79N13O14. The molecule has 492 valence electrons. The average molecular weight is 1280 g/mol. The van der Waals surface area contributed by atoms with Gasteiger partial charge in [0.1, 0.15) is 64.1 Å². The first-order valence-electron chi connectivity index (χ1n) is 31.2. The monoisotopic (exact) mass is 1280 g/mol. The second-order valence-electron chi connectivity index (χ2n) is 22.6. The van der Waals surface area contributed by atoms with Crippen LogP contribution in [0.1, 0.15) is 97.2 Å². The number of benzene rings is 4. The second kappa shape index (κ2) is 30.1. The Labute approximate surface area is 537 Å². The van der Waals surface area contributed by atoms with Gasteiger partial charge in [0.05, 0.1) is 75.8 Å². The molecule has 0 bridgehead atoms. The fourth-order valence-corrected chi connectivity index (χ4v) is 11.7. The molecule has 0 radical (unpaired) electrons. The summed E-state index contributed by atoms with van der Waals surface area (Å²) in [6, 6.07) is 26.9. The SMILES string of the molecule is CCn1nc(C)cc1C(=O)Nc1nc2cc(C(N)=O)cc(OCCCOC3[C@@H](OC)O[C@@H]4COC(c5ccccc5)O[C@H]4[C@@H]3OCc3ccc(OC)cc3)c2n1C/C=C/Cn1c(NC(=O)c2cc(C)nn2CC)nc2cc(C(N)=O)cc(OCCCN3CCOCC3)c21. The van der Waals surface area contributed by atoms with E-state index >= 15 is 0 Å². The third-order valence-electron chi connectivity index (χ3n) is 16.3. The van der Waals surface area contributed by atoms with Gasteiger partial charge in [0.15, 0.2) is 12.6 Å².